The maximum atomic E-state index is 13.2. The highest BCUT2D eigenvalue weighted by Gasteiger charge is 2.45. The summed E-state index contributed by atoms with van der Waals surface area (Å²) in [5.41, 5.74) is 1.82. The fraction of sp³-hybridized carbons (Fsp3) is 0.304. The van der Waals surface area contributed by atoms with Crippen molar-refractivity contribution in [2.24, 2.45) is 0 Å². The van der Waals surface area contributed by atoms with E-state index in [0.29, 0.717) is 40.8 Å². The van der Waals surface area contributed by atoms with Crippen molar-refractivity contribution in [2.45, 2.75) is 17.5 Å². The standard InChI is InChI=1S/C23H21F3N6O3S/c24-23(25,26)22(33)32-10-8-16-15-17(4-6-20(16)32)36(34,35)31-13-11-30(12-14-31)21-7-5-19(28-29-21)18-3-1-2-9-27-18/h1-7,9,15H,8,10-14H2. The summed E-state index contributed by atoms with van der Waals surface area (Å²) >= 11 is 0. The summed E-state index contributed by atoms with van der Waals surface area (Å²) in [6, 6.07) is 13.0. The Hall–Kier alpha value is -3.58. The predicted molar refractivity (Wildman–Crippen MR) is 125 cm³/mol. The number of piperazine rings is 1. The van der Waals surface area contributed by atoms with Gasteiger partial charge in [-0.2, -0.15) is 17.5 Å². The van der Waals surface area contributed by atoms with Gasteiger partial charge in [0.05, 0.1) is 10.6 Å². The number of alkyl halides is 3. The van der Waals surface area contributed by atoms with Gasteiger partial charge in [-0.1, -0.05) is 6.07 Å². The second-order valence-electron chi connectivity index (χ2n) is 8.38. The molecular formula is C23H21F3N6O3S. The molecule has 9 nitrogen and oxygen atoms in total. The van der Waals surface area contributed by atoms with E-state index in [4.69, 9.17) is 0 Å². The van der Waals surface area contributed by atoms with E-state index in [1.54, 1.807) is 6.20 Å². The van der Waals surface area contributed by atoms with Crippen LogP contribution in [-0.4, -0.2) is 72.7 Å². The zero-order valence-electron chi connectivity index (χ0n) is 18.9. The summed E-state index contributed by atoms with van der Waals surface area (Å²) in [5.74, 6) is -1.33. The minimum Gasteiger partial charge on any atom is -0.352 e. The Morgan fingerprint density at radius 1 is 0.889 bits per heavy atom. The third-order valence-corrected chi connectivity index (χ3v) is 8.11. The average molecular weight is 519 g/mol. The molecule has 1 amide bonds. The first-order valence-corrected chi connectivity index (χ1v) is 12.6. The number of pyridine rings is 1. The number of benzene rings is 1. The lowest BCUT2D eigenvalue weighted by Gasteiger charge is -2.34. The number of halogens is 3. The molecular weight excluding hydrogens is 497 g/mol. The summed E-state index contributed by atoms with van der Waals surface area (Å²) < 4.78 is 66.3. The Morgan fingerprint density at radius 3 is 2.31 bits per heavy atom. The van der Waals surface area contributed by atoms with Crippen molar-refractivity contribution in [3.63, 3.8) is 0 Å². The number of hydrogen-bond acceptors (Lipinski definition) is 7. The van der Waals surface area contributed by atoms with Crippen LogP contribution in [0.15, 0.2) is 59.6 Å². The lowest BCUT2D eigenvalue weighted by molar-refractivity contribution is -0.170. The molecule has 1 fully saturated rings. The predicted octanol–water partition coefficient (Wildman–Crippen LogP) is 2.50. The number of anilines is 2. The quantitative estimate of drug-likeness (QED) is 0.523. The molecule has 0 bridgehead atoms. The molecule has 0 radical (unpaired) electrons. The molecule has 3 aromatic rings. The Labute approximate surface area is 205 Å². The van der Waals surface area contributed by atoms with Crippen LogP contribution in [0, 0.1) is 0 Å². The molecule has 13 heteroatoms. The Morgan fingerprint density at radius 2 is 1.67 bits per heavy atom. The Bertz CT molecular complexity index is 1380. The van der Waals surface area contributed by atoms with Crippen LogP contribution in [0.1, 0.15) is 5.56 Å². The van der Waals surface area contributed by atoms with Crippen molar-refractivity contribution in [1.29, 1.82) is 0 Å². The van der Waals surface area contributed by atoms with Gasteiger partial charge in [-0.15, -0.1) is 10.2 Å². The van der Waals surface area contributed by atoms with Crippen LogP contribution in [0.2, 0.25) is 0 Å². The number of hydrogen-bond donors (Lipinski definition) is 0. The van der Waals surface area contributed by atoms with Crippen LogP contribution in [0.25, 0.3) is 11.4 Å². The summed E-state index contributed by atoms with van der Waals surface area (Å²) in [7, 11) is -3.86. The van der Waals surface area contributed by atoms with Crippen LogP contribution in [-0.2, 0) is 21.2 Å². The van der Waals surface area contributed by atoms with E-state index in [1.165, 1.54) is 22.5 Å². The third kappa shape index (κ3) is 4.51. The maximum Gasteiger partial charge on any atom is 0.471 e. The molecule has 0 spiro atoms. The van der Waals surface area contributed by atoms with Crippen molar-refractivity contribution in [2.75, 3.05) is 42.5 Å². The Balaban J connectivity index is 1.26. The lowest BCUT2D eigenvalue weighted by Crippen LogP contribution is -2.49. The highest BCUT2D eigenvalue weighted by Crippen LogP contribution is 2.34. The van der Waals surface area contributed by atoms with Crippen LogP contribution in [0.5, 0.6) is 0 Å². The molecule has 2 aromatic heterocycles. The fourth-order valence-corrected chi connectivity index (χ4v) is 5.83. The first-order valence-electron chi connectivity index (χ1n) is 11.2. The van der Waals surface area contributed by atoms with Crippen LogP contribution >= 0.6 is 0 Å². The van der Waals surface area contributed by atoms with Gasteiger partial charge >= 0.3 is 12.1 Å². The van der Waals surface area contributed by atoms with Crippen molar-refractivity contribution in [1.82, 2.24) is 19.5 Å². The van der Waals surface area contributed by atoms with Crippen LogP contribution in [0.4, 0.5) is 24.7 Å². The van der Waals surface area contributed by atoms with Crippen LogP contribution in [0.3, 0.4) is 0 Å². The molecule has 2 aliphatic rings. The highest BCUT2D eigenvalue weighted by atomic mass is 32.2. The van der Waals surface area contributed by atoms with Gasteiger partial charge in [-0.3, -0.25) is 9.78 Å². The third-order valence-electron chi connectivity index (χ3n) is 6.21. The molecule has 5 rings (SSSR count). The average Bonchev–Trinajstić information content (AvgIpc) is 3.31. The van der Waals surface area contributed by atoms with Gasteiger partial charge in [0.1, 0.15) is 5.69 Å². The number of fused-ring (bicyclic) bond motifs is 1. The second-order valence-corrected chi connectivity index (χ2v) is 10.3. The molecule has 0 atom stereocenters. The number of sulfonamides is 1. The maximum absolute atomic E-state index is 13.2. The lowest BCUT2D eigenvalue weighted by atomic mass is 10.2. The van der Waals surface area contributed by atoms with E-state index in [0.717, 1.165) is 0 Å². The number of amides is 1. The molecule has 36 heavy (non-hydrogen) atoms. The number of nitrogens with zero attached hydrogens (tertiary/aromatic N) is 6. The van der Waals surface area contributed by atoms with Gasteiger partial charge in [0.2, 0.25) is 10.0 Å². The van der Waals surface area contributed by atoms with Gasteiger partial charge in [0.15, 0.2) is 5.82 Å². The first kappa shape index (κ1) is 24.1. The zero-order valence-corrected chi connectivity index (χ0v) is 19.7. The minimum atomic E-state index is -4.99. The minimum absolute atomic E-state index is 0.00415. The second kappa shape index (κ2) is 9.13. The molecule has 4 heterocycles. The van der Waals surface area contributed by atoms with Crippen molar-refractivity contribution in [3.05, 3.63) is 60.3 Å². The topological polar surface area (TPSA) is 99.6 Å². The molecule has 1 aromatic carbocycles. The van der Waals surface area contributed by atoms with Crippen molar-refractivity contribution in [3.8, 4) is 11.4 Å². The van der Waals surface area contributed by atoms with Gasteiger partial charge in [0.25, 0.3) is 0 Å². The Kier molecular flexibility index (Phi) is 6.12. The van der Waals surface area contributed by atoms with Gasteiger partial charge in [0, 0.05) is 44.6 Å². The summed E-state index contributed by atoms with van der Waals surface area (Å²) in [6.45, 7) is 1.07. The number of aromatic nitrogens is 3. The molecule has 0 N–H and O–H groups in total. The number of rotatable bonds is 4. The monoisotopic (exact) mass is 518 g/mol. The van der Waals surface area contributed by atoms with Gasteiger partial charge in [-0.05, 0) is 54.4 Å². The summed E-state index contributed by atoms with van der Waals surface area (Å²) in [4.78, 5) is 18.5. The van der Waals surface area contributed by atoms with E-state index in [2.05, 4.69) is 15.2 Å². The smallest absolute Gasteiger partial charge is 0.352 e. The SMILES string of the molecule is O=C(N1CCc2cc(S(=O)(=O)N3CCN(c4ccc(-c5ccccn5)nn4)CC3)ccc21)C(F)(F)F. The summed E-state index contributed by atoms with van der Waals surface area (Å²) in [5, 5.41) is 8.48. The molecule has 188 valence electrons. The number of carbonyl (C=O) groups is 1. The molecule has 0 unspecified atom stereocenters. The van der Waals surface area contributed by atoms with Crippen molar-refractivity contribution < 1.29 is 26.4 Å². The van der Waals surface area contributed by atoms with Crippen molar-refractivity contribution >= 4 is 27.4 Å². The fourth-order valence-electron chi connectivity index (χ4n) is 4.35. The van der Waals surface area contributed by atoms with E-state index < -0.39 is 22.1 Å². The molecule has 0 saturated carbocycles. The largest absolute Gasteiger partial charge is 0.471 e. The van der Waals surface area contributed by atoms with E-state index >= 15 is 0 Å². The molecule has 1 saturated heterocycles. The normalized spacial score (nSPS) is 16.8. The van der Waals surface area contributed by atoms with E-state index in [-0.39, 0.29) is 36.6 Å². The highest BCUT2D eigenvalue weighted by molar-refractivity contribution is 7.89. The number of carbonyl (C=O) groups excluding carboxylic acids is 1. The molecule has 2 aliphatic heterocycles. The van der Waals surface area contributed by atoms with E-state index in [1.807, 2.05) is 35.2 Å². The van der Waals surface area contributed by atoms with E-state index in [9.17, 15) is 26.4 Å². The summed E-state index contributed by atoms with van der Waals surface area (Å²) in [6.07, 6.45) is -3.17. The van der Waals surface area contributed by atoms with Gasteiger partial charge in [-0.25, -0.2) is 8.42 Å². The van der Waals surface area contributed by atoms with Gasteiger partial charge < -0.3 is 9.80 Å². The zero-order chi connectivity index (χ0) is 25.5. The molecule has 0 aliphatic carbocycles. The first-order chi connectivity index (χ1) is 17.1. The van der Waals surface area contributed by atoms with Crippen LogP contribution < -0.4 is 9.80 Å².